The van der Waals surface area contributed by atoms with E-state index in [1.165, 1.54) is 5.56 Å². The Kier molecular flexibility index (Phi) is 3.18. The number of aromatic nitrogens is 3. The largest absolute Gasteiger partial charge is 0.305 e. The molecule has 4 heterocycles. The van der Waals surface area contributed by atoms with E-state index in [9.17, 15) is 4.79 Å². The second-order valence-electron chi connectivity index (χ2n) is 6.09. The zero-order chi connectivity index (χ0) is 15.1. The van der Waals surface area contributed by atoms with E-state index >= 15 is 0 Å². The van der Waals surface area contributed by atoms with E-state index < -0.39 is 0 Å². The molecule has 0 spiro atoms. The molecule has 2 aromatic heterocycles. The van der Waals surface area contributed by atoms with Crippen LogP contribution < -0.4 is 4.90 Å². The topological polar surface area (TPSA) is 54.3 Å². The fourth-order valence-electron chi connectivity index (χ4n) is 3.72. The van der Waals surface area contributed by atoms with Gasteiger partial charge in [0, 0.05) is 51.2 Å². The van der Waals surface area contributed by atoms with Crippen LogP contribution in [0, 0.1) is 0 Å². The van der Waals surface area contributed by atoms with E-state index in [-0.39, 0.29) is 11.9 Å². The summed E-state index contributed by atoms with van der Waals surface area (Å²) >= 11 is 0. The summed E-state index contributed by atoms with van der Waals surface area (Å²) in [5.74, 6) is 0.211. The van der Waals surface area contributed by atoms with Crippen molar-refractivity contribution in [2.45, 2.75) is 31.5 Å². The highest BCUT2D eigenvalue weighted by atomic mass is 16.2. The van der Waals surface area contributed by atoms with Gasteiger partial charge in [0.25, 0.3) is 0 Å². The van der Waals surface area contributed by atoms with Crippen molar-refractivity contribution in [3.05, 3.63) is 42.5 Å². The first-order valence-corrected chi connectivity index (χ1v) is 7.66. The Morgan fingerprint density at radius 3 is 2.82 bits per heavy atom. The lowest BCUT2D eigenvalue weighted by Gasteiger charge is -2.24. The van der Waals surface area contributed by atoms with Gasteiger partial charge in [-0.3, -0.25) is 19.4 Å². The molecule has 0 aliphatic carbocycles. The summed E-state index contributed by atoms with van der Waals surface area (Å²) in [6.45, 7) is 1.92. The van der Waals surface area contributed by atoms with Crippen LogP contribution in [0.4, 0.5) is 5.69 Å². The zero-order valence-corrected chi connectivity index (χ0v) is 12.6. The lowest BCUT2D eigenvalue weighted by Crippen LogP contribution is -2.37. The predicted octanol–water partition coefficient (Wildman–Crippen LogP) is 1.19. The van der Waals surface area contributed by atoms with Crippen molar-refractivity contribution in [3.8, 4) is 0 Å². The van der Waals surface area contributed by atoms with Crippen LogP contribution in [-0.2, 0) is 18.4 Å². The summed E-state index contributed by atoms with van der Waals surface area (Å²) in [7, 11) is 1.88. The monoisotopic (exact) mass is 297 g/mol. The van der Waals surface area contributed by atoms with E-state index in [4.69, 9.17) is 0 Å². The first-order valence-electron chi connectivity index (χ1n) is 7.66. The molecule has 0 bridgehead atoms. The van der Waals surface area contributed by atoms with E-state index in [0.717, 1.165) is 25.2 Å². The van der Waals surface area contributed by atoms with Gasteiger partial charge in [-0.05, 0) is 24.1 Å². The summed E-state index contributed by atoms with van der Waals surface area (Å²) in [5, 5.41) is 4.20. The molecule has 4 rings (SSSR count). The standard InChI is InChI=1S/C16H19N5O/c1-19-11-13(9-18-19)21-14-4-7-20(15(14)8-16(21)22)10-12-2-5-17-6-3-12/h2-3,5-6,9,11,14-15H,4,7-8,10H2,1H3/t14-,15+/m1/s1. The Bertz CT molecular complexity index is 683. The highest BCUT2D eigenvalue weighted by molar-refractivity contribution is 5.97. The molecule has 6 nitrogen and oxygen atoms in total. The van der Waals surface area contributed by atoms with Crippen molar-refractivity contribution >= 4 is 11.6 Å². The molecule has 2 aliphatic heterocycles. The number of hydrogen-bond acceptors (Lipinski definition) is 4. The van der Waals surface area contributed by atoms with Gasteiger partial charge in [-0.25, -0.2) is 0 Å². The summed E-state index contributed by atoms with van der Waals surface area (Å²) in [5.41, 5.74) is 2.17. The van der Waals surface area contributed by atoms with Crippen molar-refractivity contribution in [2.75, 3.05) is 11.4 Å². The van der Waals surface area contributed by atoms with Gasteiger partial charge in [0.05, 0.1) is 17.9 Å². The number of hydrogen-bond donors (Lipinski definition) is 0. The molecule has 0 radical (unpaired) electrons. The lowest BCUT2D eigenvalue weighted by molar-refractivity contribution is -0.117. The van der Waals surface area contributed by atoms with Crippen LogP contribution in [0.3, 0.4) is 0 Å². The SMILES string of the molecule is Cn1cc(N2C(=O)C[C@H]3[C@H]2CCN3Cc2ccncc2)cn1. The van der Waals surface area contributed by atoms with Gasteiger partial charge in [0.2, 0.25) is 5.91 Å². The maximum atomic E-state index is 12.4. The fraction of sp³-hybridized carbons (Fsp3) is 0.438. The summed E-state index contributed by atoms with van der Waals surface area (Å²) < 4.78 is 1.75. The second-order valence-corrected chi connectivity index (χ2v) is 6.09. The van der Waals surface area contributed by atoms with Crippen LogP contribution in [0.1, 0.15) is 18.4 Å². The van der Waals surface area contributed by atoms with Crippen molar-refractivity contribution in [1.29, 1.82) is 0 Å². The third-order valence-corrected chi connectivity index (χ3v) is 4.71. The van der Waals surface area contributed by atoms with Gasteiger partial charge in [-0.15, -0.1) is 0 Å². The highest BCUT2D eigenvalue weighted by Gasteiger charge is 2.47. The number of aryl methyl sites for hydroxylation is 1. The van der Waals surface area contributed by atoms with Crippen LogP contribution in [0.2, 0.25) is 0 Å². The Hall–Kier alpha value is -2.21. The number of carbonyl (C=O) groups is 1. The number of amides is 1. The smallest absolute Gasteiger partial charge is 0.229 e. The molecule has 2 atom stereocenters. The van der Waals surface area contributed by atoms with Crippen molar-refractivity contribution in [1.82, 2.24) is 19.7 Å². The average molecular weight is 297 g/mol. The Labute approximate surface area is 129 Å². The van der Waals surface area contributed by atoms with Crippen LogP contribution in [-0.4, -0.2) is 44.2 Å². The quantitative estimate of drug-likeness (QED) is 0.854. The van der Waals surface area contributed by atoms with Crippen LogP contribution in [0.15, 0.2) is 36.9 Å². The minimum Gasteiger partial charge on any atom is -0.305 e. The molecule has 0 saturated carbocycles. The summed E-state index contributed by atoms with van der Waals surface area (Å²) in [6.07, 6.45) is 8.98. The average Bonchev–Trinajstić information content (AvgIpc) is 3.17. The van der Waals surface area contributed by atoms with Crippen LogP contribution in [0.5, 0.6) is 0 Å². The number of anilines is 1. The molecule has 0 N–H and O–H groups in total. The molecule has 6 heteroatoms. The van der Waals surface area contributed by atoms with Gasteiger partial charge in [-0.1, -0.05) is 0 Å². The molecule has 2 aromatic rings. The number of likely N-dealkylation sites (tertiary alicyclic amines) is 1. The zero-order valence-electron chi connectivity index (χ0n) is 12.6. The number of carbonyl (C=O) groups excluding carboxylic acids is 1. The van der Waals surface area contributed by atoms with E-state index in [2.05, 4.69) is 15.0 Å². The molecular weight excluding hydrogens is 278 g/mol. The van der Waals surface area contributed by atoms with Crippen LogP contribution >= 0.6 is 0 Å². The van der Waals surface area contributed by atoms with E-state index in [0.29, 0.717) is 12.5 Å². The van der Waals surface area contributed by atoms with Crippen LogP contribution in [0.25, 0.3) is 0 Å². The molecule has 114 valence electrons. The van der Waals surface area contributed by atoms with Gasteiger partial charge < -0.3 is 4.90 Å². The highest BCUT2D eigenvalue weighted by Crippen LogP contribution is 2.36. The Morgan fingerprint density at radius 1 is 1.27 bits per heavy atom. The van der Waals surface area contributed by atoms with Gasteiger partial charge >= 0.3 is 0 Å². The Balaban J connectivity index is 1.54. The van der Waals surface area contributed by atoms with E-state index in [1.54, 1.807) is 10.9 Å². The third kappa shape index (κ3) is 2.20. The minimum atomic E-state index is 0.211. The number of pyridine rings is 1. The molecule has 0 aromatic carbocycles. The molecule has 22 heavy (non-hydrogen) atoms. The van der Waals surface area contributed by atoms with Gasteiger partial charge in [0.15, 0.2) is 0 Å². The molecular formula is C16H19N5O. The Morgan fingerprint density at radius 2 is 2.09 bits per heavy atom. The fourth-order valence-corrected chi connectivity index (χ4v) is 3.72. The molecule has 2 fully saturated rings. The van der Waals surface area contributed by atoms with Crippen molar-refractivity contribution in [2.24, 2.45) is 7.05 Å². The van der Waals surface area contributed by atoms with E-state index in [1.807, 2.05) is 42.7 Å². The molecule has 2 aliphatic rings. The molecule has 2 saturated heterocycles. The third-order valence-electron chi connectivity index (χ3n) is 4.71. The van der Waals surface area contributed by atoms with Crippen molar-refractivity contribution < 1.29 is 4.79 Å². The molecule has 0 unspecified atom stereocenters. The van der Waals surface area contributed by atoms with Gasteiger partial charge in [0.1, 0.15) is 0 Å². The number of nitrogens with zero attached hydrogens (tertiary/aromatic N) is 5. The minimum absolute atomic E-state index is 0.211. The predicted molar refractivity (Wildman–Crippen MR) is 82.2 cm³/mol. The number of rotatable bonds is 3. The normalized spacial score (nSPS) is 25.0. The maximum absolute atomic E-state index is 12.4. The first-order chi connectivity index (χ1) is 10.7. The second kappa shape index (κ2) is 5.21. The molecule has 1 amide bonds. The summed E-state index contributed by atoms with van der Waals surface area (Å²) in [4.78, 5) is 20.9. The maximum Gasteiger partial charge on any atom is 0.229 e. The van der Waals surface area contributed by atoms with Gasteiger partial charge in [-0.2, -0.15) is 5.10 Å². The van der Waals surface area contributed by atoms with Crippen molar-refractivity contribution in [3.63, 3.8) is 0 Å². The lowest BCUT2D eigenvalue weighted by atomic mass is 10.1. The summed E-state index contributed by atoms with van der Waals surface area (Å²) in [6, 6.07) is 4.67. The number of fused-ring (bicyclic) bond motifs is 1. The first kappa shape index (κ1) is 13.5.